The van der Waals surface area contributed by atoms with Gasteiger partial charge in [-0.05, 0) is 66.4 Å². The number of nitrogens with one attached hydrogen (secondary N) is 2. The molecule has 8 heteroatoms. The summed E-state index contributed by atoms with van der Waals surface area (Å²) in [6.07, 6.45) is 4.47. The molecule has 38 heavy (non-hydrogen) atoms. The van der Waals surface area contributed by atoms with Gasteiger partial charge in [-0.2, -0.15) is 0 Å². The van der Waals surface area contributed by atoms with Crippen molar-refractivity contribution in [3.63, 3.8) is 0 Å². The number of hydrogen-bond acceptors (Lipinski definition) is 6. The number of amides is 2. The van der Waals surface area contributed by atoms with Crippen molar-refractivity contribution in [1.29, 1.82) is 0 Å². The van der Waals surface area contributed by atoms with E-state index in [0.717, 1.165) is 11.1 Å². The number of aromatic hydroxyl groups is 2. The fraction of sp³-hybridized carbons (Fsp3) is 0.200. The van der Waals surface area contributed by atoms with Gasteiger partial charge in [0.05, 0.1) is 11.4 Å². The minimum absolute atomic E-state index is 0.0456. The van der Waals surface area contributed by atoms with Crippen molar-refractivity contribution in [3.8, 4) is 11.5 Å². The third-order valence-corrected chi connectivity index (χ3v) is 6.99. The zero-order chi connectivity index (χ0) is 27.6. The van der Waals surface area contributed by atoms with Crippen molar-refractivity contribution in [2.45, 2.75) is 32.6 Å². The van der Waals surface area contributed by atoms with Gasteiger partial charge < -0.3 is 32.3 Å². The summed E-state index contributed by atoms with van der Waals surface area (Å²) in [5, 5.41) is 25.4. The summed E-state index contributed by atoms with van der Waals surface area (Å²) >= 11 is 0. The Hall–Kier alpha value is -4.72. The number of carbonyl (C=O) groups is 2. The van der Waals surface area contributed by atoms with E-state index in [0.29, 0.717) is 28.9 Å². The summed E-state index contributed by atoms with van der Waals surface area (Å²) in [5.41, 5.74) is 15.8. The van der Waals surface area contributed by atoms with Gasteiger partial charge in [0.1, 0.15) is 11.5 Å². The first kappa shape index (κ1) is 26.3. The van der Waals surface area contributed by atoms with Crippen LogP contribution in [0.1, 0.15) is 43.1 Å². The number of benzene rings is 3. The van der Waals surface area contributed by atoms with Crippen LogP contribution in [0.25, 0.3) is 0 Å². The molecule has 4 rings (SSSR count). The van der Waals surface area contributed by atoms with E-state index in [9.17, 15) is 19.8 Å². The lowest BCUT2D eigenvalue weighted by Crippen LogP contribution is -2.27. The van der Waals surface area contributed by atoms with E-state index in [-0.39, 0.29) is 46.0 Å². The molecule has 0 bridgehead atoms. The molecule has 0 aromatic heterocycles. The van der Waals surface area contributed by atoms with Gasteiger partial charge in [-0.1, -0.05) is 50.6 Å². The van der Waals surface area contributed by atoms with E-state index in [1.165, 1.54) is 24.3 Å². The Labute approximate surface area is 221 Å². The second-order valence-corrected chi connectivity index (χ2v) is 10.1. The number of phenols is 2. The molecule has 0 heterocycles. The number of nitrogen functional groups attached to an aromatic ring is 2. The Balaban J connectivity index is 1.49. The van der Waals surface area contributed by atoms with Crippen molar-refractivity contribution in [3.05, 3.63) is 95.1 Å². The molecule has 0 saturated heterocycles. The lowest BCUT2D eigenvalue weighted by molar-refractivity contribution is -0.113. The van der Waals surface area contributed by atoms with Crippen LogP contribution in [0.5, 0.6) is 11.5 Å². The maximum absolute atomic E-state index is 12.9. The monoisotopic (exact) mass is 512 g/mol. The van der Waals surface area contributed by atoms with Crippen molar-refractivity contribution < 1.29 is 19.8 Å². The lowest BCUT2D eigenvalue weighted by Gasteiger charge is -2.33. The summed E-state index contributed by atoms with van der Waals surface area (Å²) < 4.78 is 0. The smallest absolute Gasteiger partial charge is 0.255 e. The second-order valence-electron chi connectivity index (χ2n) is 10.1. The van der Waals surface area contributed by atoms with Crippen LogP contribution < -0.4 is 22.1 Å². The molecular weight excluding hydrogens is 480 g/mol. The Morgan fingerprint density at radius 1 is 0.816 bits per heavy atom. The highest BCUT2D eigenvalue weighted by Crippen LogP contribution is 2.39. The second kappa shape index (κ2) is 10.3. The van der Waals surface area contributed by atoms with Crippen molar-refractivity contribution in [1.82, 2.24) is 0 Å². The Morgan fingerprint density at radius 3 is 1.87 bits per heavy atom. The number of rotatable bonds is 6. The Bertz CT molecular complexity index is 1460. The van der Waals surface area contributed by atoms with Gasteiger partial charge in [-0.3, -0.25) is 9.59 Å². The molecule has 3 aromatic rings. The van der Waals surface area contributed by atoms with Gasteiger partial charge in [-0.15, -0.1) is 0 Å². The van der Waals surface area contributed by atoms with Crippen LogP contribution in [-0.4, -0.2) is 22.0 Å². The van der Waals surface area contributed by atoms with Gasteiger partial charge in [-0.25, -0.2) is 0 Å². The molecule has 196 valence electrons. The Kier molecular flexibility index (Phi) is 7.17. The molecule has 1 aliphatic rings. The van der Waals surface area contributed by atoms with E-state index in [2.05, 4.69) is 24.5 Å². The van der Waals surface area contributed by atoms with Crippen LogP contribution >= 0.6 is 0 Å². The van der Waals surface area contributed by atoms with Crippen LogP contribution in [0, 0.1) is 5.92 Å². The highest BCUT2D eigenvalue weighted by Gasteiger charge is 2.31. The fourth-order valence-electron chi connectivity index (χ4n) is 4.55. The molecule has 0 spiro atoms. The number of anilines is 4. The van der Waals surface area contributed by atoms with Gasteiger partial charge >= 0.3 is 0 Å². The number of carbonyl (C=O) groups excluding carboxylic acids is 2. The van der Waals surface area contributed by atoms with Gasteiger partial charge in [0, 0.05) is 27.9 Å². The zero-order valence-corrected chi connectivity index (χ0v) is 21.6. The van der Waals surface area contributed by atoms with Gasteiger partial charge in [0.15, 0.2) is 0 Å². The molecule has 0 aliphatic heterocycles. The number of hydrogen-bond donors (Lipinski definition) is 6. The molecule has 0 radical (unpaired) electrons. The zero-order valence-electron chi connectivity index (χ0n) is 21.6. The first-order valence-electron chi connectivity index (χ1n) is 12.3. The summed E-state index contributed by atoms with van der Waals surface area (Å²) in [4.78, 5) is 25.6. The number of phenolic OH excluding ortho intramolecular Hbond substituents is 2. The summed E-state index contributed by atoms with van der Waals surface area (Å²) in [6.45, 7) is 6.21. The van der Waals surface area contributed by atoms with E-state index < -0.39 is 0 Å². The normalized spacial score (nSPS) is 15.3. The average Bonchev–Trinajstić information content (AvgIpc) is 2.88. The maximum atomic E-state index is 12.9. The first-order chi connectivity index (χ1) is 18.0. The quantitative estimate of drug-likeness (QED) is 0.149. The summed E-state index contributed by atoms with van der Waals surface area (Å²) in [7, 11) is 0. The SMILES string of the molecule is CC1CC(C(C)(C)c2ccc(C(=O)Nc3cc(N)ccc3O)cc2)=CC=C1C(=O)Nc1cc(N)ccc1O. The van der Waals surface area contributed by atoms with Crippen LogP contribution in [0.2, 0.25) is 0 Å². The predicted molar refractivity (Wildman–Crippen MR) is 151 cm³/mol. The standard InChI is InChI=1S/C30H32N4O4/c1-17-14-20(8-11-23(17)29(38)34-25-16-22(32)10-13-27(25)36)30(2,3)19-6-4-18(5-7-19)28(37)33-24-15-21(31)9-12-26(24)35/h4-13,15-17,35-36H,14,31-32H2,1-3H3,(H,33,37)(H,34,38). The molecule has 0 saturated carbocycles. The van der Waals surface area contributed by atoms with E-state index >= 15 is 0 Å². The molecule has 1 aliphatic carbocycles. The van der Waals surface area contributed by atoms with Crippen LogP contribution in [-0.2, 0) is 10.2 Å². The molecule has 1 unspecified atom stereocenters. The average molecular weight is 513 g/mol. The van der Waals surface area contributed by atoms with Gasteiger partial charge in [0.2, 0.25) is 0 Å². The number of allylic oxidation sites excluding steroid dienone is 3. The van der Waals surface area contributed by atoms with E-state index in [1.807, 2.05) is 31.2 Å². The Morgan fingerprint density at radius 2 is 1.34 bits per heavy atom. The molecule has 2 amide bonds. The molecule has 8 N–H and O–H groups in total. The largest absolute Gasteiger partial charge is 0.506 e. The van der Waals surface area contributed by atoms with Crippen molar-refractivity contribution in [2.24, 2.45) is 5.92 Å². The summed E-state index contributed by atoms with van der Waals surface area (Å²) in [5.74, 6) is -0.794. The van der Waals surface area contributed by atoms with Crippen LogP contribution in [0.4, 0.5) is 22.7 Å². The summed E-state index contributed by atoms with van der Waals surface area (Å²) in [6, 6.07) is 16.3. The minimum Gasteiger partial charge on any atom is -0.506 e. The van der Waals surface area contributed by atoms with Crippen molar-refractivity contribution >= 4 is 34.6 Å². The molecule has 1 atom stereocenters. The molecular formula is C30H32N4O4. The topological polar surface area (TPSA) is 151 Å². The molecule has 3 aromatic carbocycles. The number of nitrogens with two attached hydrogens (primary N) is 2. The lowest BCUT2D eigenvalue weighted by atomic mass is 9.71. The highest BCUT2D eigenvalue weighted by molar-refractivity contribution is 6.06. The predicted octanol–water partition coefficient (Wildman–Crippen LogP) is 5.32. The fourth-order valence-corrected chi connectivity index (χ4v) is 4.55. The van der Waals surface area contributed by atoms with E-state index in [1.54, 1.807) is 24.3 Å². The maximum Gasteiger partial charge on any atom is 0.255 e. The minimum atomic E-state index is -0.356. The molecule has 8 nitrogen and oxygen atoms in total. The van der Waals surface area contributed by atoms with Gasteiger partial charge in [0.25, 0.3) is 11.8 Å². The third-order valence-electron chi connectivity index (χ3n) is 6.99. The molecule has 0 fully saturated rings. The van der Waals surface area contributed by atoms with Crippen molar-refractivity contribution in [2.75, 3.05) is 22.1 Å². The van der Waals surface area contributed by atoms with Crippen LogP contribution in [0.3, 0.4) is 0 Å². The first-order valence-corrected chi connectivity index (χ1v) is 12.3. The highest BCUT2D eigenvalue weighted by atomic mass is 16.3. The van der Waals surface area contributed by atoms with Crippen LogP contribution in [0.15, 0.2) is 84.0 Å². The third kappa shape index (κ3) is 5.49. The van der Waals surface area contributed by atoms with E-state index in [4.69, 9.17) is 11.5 Å².